The van der Waals surface area contributed by atoms with Crippen LogP contribution in [0.2, 0.25) is 0 Å². The van der Waals surface area contributed by atoms with E-state index >= 15 is 4.39 Å². The summed E-state index contributed by atoms with van der Waals surface area (Å²) in [6.07, 6.45) is -0.801. The summed E-state index contributed by atoms with van der Waals surface area (Å²) in [6, 6.07) is 19.3. The van der Waals surface area contributed by atoms with E-state index in [1.807, 2.05) is 60.7 Å². The number of nitrogens with zero attached hydrogens (tertiary/aromatic N) is 1. The second-order valence-corrected chi connectivity index (χ2v) is 9.11. The first kappa shape index (κ1) is 22.5. The van der Waals surface area contributed by atoms with Gasteiger partial charge in [0.25, 0.3) is 5.56 Å². The minimum Gasteiger partial charge on any atom is -0.376 e. The van der Waals surface area contributed by atoms with Crippen LogP contribution in [0.25, 0.3) is 0 Å². The molecule has 1 fully saturated rings. The maximum atomic E-state index is 15.6. The number of aromatic nitrogens is 2. The van der Waals surface area contributed by atoms with Crippen LogP contribution < -0.4 is 11.2 Å². The smallest absolute Gasteiger partial charge is 0.329 e. The van der Waals surface area contributed by atoms with Crippen LogP contribution in [0.3, 0.4) is 0 Å². The lowest BCUT2D eigenvalue weighted by molar-refractivity contribution is -0.0262. The van der Waals surface area contributed by atoms with Gasteiger partial charge in [0.05, 0.1) is 25.1 Å². The van der Waals surface area contributed by atoms with Crippen LogP contribution in [0, 0.1) is 6.92 Å². The van der Waals surface area contributed by atoms with Gasteiger partial charge in [0.2, 0.25) is 0 Å². The summed E-state index contributed by atoms with van der Waals surface area (Å²) >= 11 is 1.29. The first-order chi connectivity index (χ1) is 15.5. The zero-order valence-electron chi connectivity index (χ0n) is 17.6. The average Bonchev–Trinajstić information content (AvgIpc) is 3.11. The SMILES string of the molecule is Cc1cn([C@@H]2S[C@H](COCc3ccccc3)C(OCc3ccccc3)C2F)c(=O)[nH]c1=O. The van der Waals surface area contributed by atoms with Gasteiger partial charge in [0, 0.05) is 11.8 Å². The van der Waals surface area contributed by atoms with Gasteiger partial charge in [0.15, 0.2) is 6.17 Å². The lowest BCUT2D eigenvalue weighted by atomic mass is 10.1. The molecule has 4 atom stereocenters. The van der Waals surface area contributed by atoms with Gasteiger partial charge >= 0.3 is 5.69 Å². The highest BCUT2D eigenvalue weighted by Crippen LogP contribution is 2.45. The molecule has 4 rings (SSSR count). The zero-order valence-corrected chi connectivity index (χ0v) is 18.5. The number of thioether (sulfide) groups is 1. The molecule has 2 unspecified atom stereocenters. The molecule has 0 saturated carbocycles. The van der Waals surface area contributed by atoms with E-state index in [4.69, 9.17) is 9.47 Å². The van der Waals surface area contributed by atoms with Gasteiger partial charge in [-0.15, -0.1) is 11.8 Å². The first-order valence-corrected chi connectivity index (χ1v) is 11.4. The molecule has 0 bridgehead atoms. The molecular weight excluding hydrogens is 431 g/mol. The third-order valence-electron chi connectivity index (χ3n) is 5.37. The molecule has 0 aliphatic carbocycles. The lowest BCUT2D eigenvalue weighted by Gasteiger charge is -2.21. The molecule has 0 amide bonds. The summed E-state index contributed by atoms with van der Waals surface area (Å²) < 4.78 is 28.7. The van der Waals surface area contributed by atoms with Crippen LogP contribution in [0.4, 0.5) is 4.39 Å². The molecule has 1 aromatic heterocycles. The Balaban J connectivity index is 1.51. The Hall–Kier alpha value is -2.68. The molecule has 32 heavy (non-hydrogen) atoms. The summed E-state index contributed by atoms with van der Waals surface area (Å²) in [5.74, 6) is 0. The number of aryl methyl sites for hydroxylation is 1. The molecular formula is C24H25FN2O4S. The fraction of sp³-hybridized carbons (Fsp3) is 0.333. The van der Waals surface area contributed by atoms with Crippen LogP contribution in [-0.2, 0) is 22.7 Å². The summed E-state index contributed by atoms with van der Waals surface area (Å²) in [5, 5.41) is -1.13. The molecule has 1 saturated heterocycles. The molecule has 3 aromatic rings. The van der Waals surface area contributed by atoms with Crippen molar-refractivity contribution in [2.24, 2.45) is 0 Å². The normalized spacial score (nSPS) is 22.8. The third kappa shape index (κ3) is 5.20. The van der Waals surface area contributed by atoms with E-state index in [2.05, 4.69) is 4.98 Å². The van der Waals surface area contributed by atoms with E-state index in [1.165, 1.54) is 22.5 Å². The number of hydrogen-bond acceptors (Lipinski definition) is 5. The quantitative estimate of drug-likeness (QED) is 0.561. The largest absolute Gasteiger partial charge is 0.376 e. The lowest BCUT2D eigenvalue weighted by Crippen LogP contribution is -2.37. The van der Waals surface area contributed by atoms with E-state index in [0.29, 0.717) is 12.2 Å². The van der Waals surface area contributed by atoms with Crippen molar-refractivity contribution in [2.45, 2.75) is 43.0 Å². The van der Waals surface area contributed by atoms with Crippen molar-refractivity contribution in [1.82, 2.24) is 9.55 Å². The second-order valence-electron chi connectivity index (χ2n) is 7.75. The molecule has 1 N–H and O–H groups in total. The van der Waals surface area contributed by atoms with Gasteiger partial charge in [-0.3, -0.25) is 14.3 Å². The zero-order chi connectivity index (χ0) is 22.5. The highest BCUT2D eigenvalue weighted by atomic mass is 32.2. The Bertz CT molecular complexity index is 1140. The second kappa shape index (κ2) is 10.3. The molecule has 8 heteroatoms. The van der Waals surface area contributed by atoms with Crippen LogP contribution in [0.15, 0.2) is 76.4 Å². The standard InChI is InChI=1S/C24H25FN2O4S/c1-16-12-27(24(29)26-22(16)28)23-20(25)21(31-14-18-10-6-3-7-11-18)19(32-23)15-30-13-17-8-4-2-5-9-17/h2-12,19-21,23H,13-15H2,1H3,(H,26,28,29)/t19-,20?,21?,23-/m1/s1. The van der Waals surface area contributed by atoms with Gasteiger partial charge in [-0.05, 0) is 18.1 Å². The predicted octanol–water partition coefficient (Wildman–Crippen LogP) is 3.60. The topological polar surface area (TPSA) is 73.3 Å². The van der Waals surface area contributed by atoms with E-state index in [1.54, 1.807) is 6.92 Å². The van der Waals surface area contributed by atoms with Crippen molar-refractivity contribution in [2.75, 3.05) is 6.61 Å². The number of H-pyrrole nitrogens is 1. The molecule has 2 heterocycles. The van der Waals surface area contributed by atoms with Crippen molar-refractivity contribution < 1.29 is 13.9 Å². The number of alkyl halides is 1. The monoisotopic (exact) mass is 456 g/mol. The van der Waals surface area contributed by atoms with Gasteiger partial charge in [0.1, 0.15) is 11.5 Å². The van der Waals surface area contributed by atoms with Gasteiger partial charge in [-0.1, -0.05) is 60.7 Å². The fourth-order valence-electron chi connectivity index (χ4n) is 3.66. The number of rotatable bonds is 8. The molecule has 168 valence electrons. The predicted molar refractivity (Wildman–Crippen MR) is 122 cm³/mol. The minimum atomic E-state index is -1.45. The van der Waals surface area contributed by atoms with E-state index in [0.717, 1.165) is 11.1 Å². The van der Waals surface area contributed by atoms with E-state index < -0.39 is 28.9 Å². The van der Waals surface area contributed by atoms with Gasteiger partial charge in [-0.25, -0.2) is 9.18 Å². The molecule has 6 nitrogen and oxygen atoms in total. The number of hydrogen-bond donors (Lipinski definition) is 1. The summed E-state index contributed by atoms with van der Waals surface area (Å²) in [7, 11) is 0. The highest BCUT2D eigenvalue weighted by molar-refractivity contribution is 8.00. The third-order valence-corrected chi connectivity index (χ3v) is 6.89. The molecule has 1 aliphatic rings. The summed E-state index contributed by atoms with van der Waals surface area (Å²) in [5.41, 5.74) is 1.22. The van der Waals surface area contributed by atoms with Crippen molar-refractivity contribution in [3.05, 3.63) is 104 Å². The Morgan fingerprint density at radius 1 is 1.00 bits per heavy atom. The molecule has 1 aliphatic heterocycles. The van der Waals surface area contributed by atoms with Crippen molar-refractivity contribution in [1.29, 1.82) is 0 Å². The molecule has 0 spiro atoms. The maximum Gasteiger partial charge on any atom is 0.329 e. The fourth-order valence-corrected chi connectivity index (χ4v) is 5.17. The Kier molecular flexibility index (Phi) is 7.24. The Labute approximate surface area is 189 Å². The van der Waals surface area contributed by atoms with Crippen LogP contribution in [0.5, 0.6) is 0 Å². The average molecular weight is 457 g/mol. The van der Waals surface area contributed by atoms with Crippen molar-refractivity contribution in [3.63, 3.8) is 0 Å². The number of aromatic amines is 1. The van der Waals surface area contributed by atoms with Gasteiger partial charge < -0.3 is 9.47 Å². The van der Waals surface area contributed by atoms with Crippen molar-refractivity contribution >= 4 is 11.8 Å². The van der Waals surface area contributed by atoms with Crippen LogP contribution >= 0.6 is 11.8 Å². The van der Waals surface area contributed by atoms with Crippen LogP contribution in [0.1, 0.15) is 22.1 Å². The van der Waals surface area contributed by atoms with Crippen LogP contribution in [-0.4, -0.2) is 33.7 Å². The Morgan fingerprint density at radius 2 is 1.62 bits per heavy atom. The molecule has 0 radical (unpaired) electrons. The summed E-state index contributed by atoms with van der Waals surface area (Å²) in [6.45, 7) is 2.52. The highest BCUT2D eigenvalue weighted by Gasteiger charge is 2.47. The number of ether oxygens (including phenoxy) is 2. The van der Waals surface area contributed by atoms with Crippen molar-refractivity contribution in [3.8, 4) is 0 Å². The minimum absolute atomic E-state index is 0.258. The molecule has 2 aromatic carbocycles. The van der Waals surface area contributed by atoms with Gasteiger partial charge in [-0.2, -0.15) is 0 Å². The maximum absolute atomic E-state index is 15.6. The summed E-state index contributed by atoms with van der Waals surface area (Å²) in [4.78, 5) is 26.4. The van der Waals surface area contributed by atoms with E-state index in [9.17, 15) is 9.59 Å². The number of nitrogens with one attached hydrogen (secondary N) is 1. The first-order valence-electron chi connectivity index (χ1n) is 10.4. The number of halogens is 1. The Morgan fingerprint density at radius 3 is 2.28 bits per heavy atom. The number of benzene rings is 2. The van der Waals surface area contributed by atoms with E-state index in [-0.39, 0.29) is 18.5 Å².